The number of esters is 2. The number of hydrogen-bond donors (Lipinski definition) is 0. The number of carbonyl (C=O) groups excluding carboxylic acids is 2. The average molecular weight is 463 g/mol. The molecule has 4 aromatic rings. The van der Waals surface area contributed by atoms with Gasteiger partial charge in [0.2, 0.25) is 0 Å². The van der Waals surface area contributed by atoms with E-state index in [1.54, 1.807) is 0 Å². The molecule has 2 aliphatic rings. The number of ether oxygens (including phenoxy) is 1. The van der Waals surface area contributed by atoms with Crippen molar-refractivity contribution in [2.75, 3.05) is 0 Å². The maximum atomic E-state index is 13.2. The van der Waals surface area contributed by atoms with Crippen molar-refractivity contribution >= 4 is 22.7 Å². The number of rotatable bonds is 2. The number of benzene rings is 4. The Morgan fingerprint density at radius 2 is 1.29 bits per heavy atom. The number of cyclic esters (lactones) is 2. The first-order chi connectivity index (χ1) is 16.1. The van der Waals surface area contributed by atoms with Gasteiger partial charge in [-0.15, -0.1) is 0 Å². The Labute approximate surface area is 206 Å². The lowest BCUT2D eigenvalue weighted by atomic mass is 9.72. The van der Waals surface area contributed by atoms with Crippen molar-refractivity contribution in [3.63, 3.8) is 0 Å². The highest BCUT2D eigenvalue weighted by Crippen LogP contribution is 2.56. The molecule has 1 aliphatic carbocycles. The molecule has 3 nitrogen and oxygen atoms in total. The van der Waals surface area contributed by atoms with Crippen LogP contribution in [0.15, 0.2) is 66.7 Å². The van der Waals surface area contributed by atoms with Crippen LogP contribution in [0.25, 0.3) is 21.9 Å². The number of aryl methyl sites for hydroxylation is 1. The molecule has 0 bridgehead atoms. The van der Waals surface area contributed by atoms with Gasteiger partial charge in [-0.1, -0.05) is 102 Å². The third-order valence-electron chi connectivity index (χ3n) is 7.94. The highest BCUT2D eigenvalue weighted by atomic mass is 16.6. The second-order valence-corrected chi connectivity index (χ2v) is 10.6. The van der Waals surface area contributed by atoms with Crippen LogP contribution in [0.1, 0.15) is 83.7 Å². The normalized spacial score (nSPS) is 15.3. The fraction of sp³-hybridized carbons (Fsp3) is 0.250. The standard InChI is InChI=1S/C31H26O3.CH4/c1-17-15-21-24(20-14-10-9-13-19(17)20)25-22(31(21,4)5)16-23(26-27(25)29(33)34-28(26)32)30(2,3)18-11-7-6-8-12-18;/h6-16H,1-5H3;1H4. The van der Waals surface area contributed by atoms with Crippen LogP contribution in [0.2, 0.25) is 0 Å². The van der Waals surface area contributed by atoms with Crippen LogP contribution in [-0.4, -0.2) is 11.9 Å². The Hall–Kier alpha value is -3.72. The molecule has 3 heteroatoms. The van der Waals surface area contributed by atoms with Gasteiger partial charge in [-0.25, -0.2) is 9.59 Å². The largest absolute Gasteiger partial charge is 0.386 e. The van der Waals surface area contributed by atoms with Gasteiger partial charge in [-0.05, 0) is 51.1 Å². The molecule has 0 saturated heterocycles. The minimum absolute atomic E-state index is 0. The van der Waals surface area contributed by atoms with Gasteiger partial charge < -0.3 is 4.74 Å². The molecule has 0 amide bonds. The molecule has 0 fully saturated rings. The van der Waals surface area contributed by atoms with Crippen molar-refractivity contribution in [3.05, 3.63) is 106 Å². The van der Waals surface area contributed by atoms with Crippen LogP contribution in [0.4, 0.5) is 0 Å². The summed E-state index contributed by atoms with van der Waals surface area (Å²) in [5.74, 6) is -1.10. The van der Waals surface area contributed by atoms with Crippen LogP contribution in [0.3, 0.4) is 0 Å². The molecular weight excluding hydrogens is 432 g/mol. The van der Waals surface area contributed by atoms with Gasteiger partial charge in [0.25, 0.3) is 0 Å². The topological polar surface area (TPSA) is 43.4 Å². The maximum Gasteiger partial charge on any atom is 0.347 e. The summed E-state index contributed by atoms with van der Waals surface area (Å²) < 4.78 is 5.27. The quantitative estimate of drug-likeness (QED) is 0.226. The molecule has 35 heavy (non-hydrogen) atoms. The zero-order valence-electron chi connectivity index (χ0n) is 20.1. The molecule has 4 aromatic carbocycles. The van der Waals surface area contributed by atoms with Crippen LogP contribution < -0.4 is 0 Å². The molecule has 6 rings (SSSR count). The minimum atomic E-state index is -0.551. The predicted molar refractivity (Wildman–Crippen MR) is 141 cm³/mol. The van der Waals surface area contributed by atoms with Crippen LogP contribution in [0.5, 0.6) is 0 Å². The van der Waals surface area contributed by atoms with Gasteiger partial charge in [-0.2, -0.15) is 0 Å². The van der Waals surface area contributed by atoms with E-state index in [1.165, 1.54) is 11.1 Å². The van der Waals surface area contributed by atoms with E-state index in [0.29, 0.717) is 11.1 Å². The van der Waals surface area contributed by atoms with Gasteiger partial charge >= 0.3 is 11.9 Å². The van der Waals surface area contributed by atoms with Crippen molar-refractivity contribution in [1.29, 1.82) is 0 Å². The summed E-state index contributed by atoms with van der Waals surface area (Å²) in [5.41, 5.74) is 7.29. The second kappa shape index (κ2) is 7.39. The van der Waals surface area contributed by atoms with Crippen molar-refractivity contribution in [3.8, 4) is 11.1 Å². The third kappa shape index (κ3) is 2.91. The molecular formula is C32H30O3. The third-order valence-corrected chi connectivity index (χ3v) is 7.94. The van der Waals surface area contributed by atoms with Gasteiger partial charge in [0.1, 0.15) is 0 Å². The summed E-state index contributed by atoms with van der Waals surface area (Å²) >= 11 is 0. The predicted octanol–water partition coefficient (Wildman–Crippen LogP) is 7.73. The van der Waals surface area contributed by atoms with E-state index in [2.05, 4.69) is 71.0 Å². The van der Waals surface area contributed by atoms with Crippen molar-refractivity contribution in [2.45, 2.75) is 52.9 Å². The smallest absolute Gasteiger partial charge is 0.347 e. The highest BCUT2D eigenvalue weighted by Gasteiger charge is 2.47. The fourth-order valence-corrected chi connectivity index (χ4v) is 6.01. The molecule has 1 aliphatic heterocycles. The Kier molecular flexibility index (Phi) is 4.86. The molecule has 0 atom stereocenters. The summed E-state index contributed by atoms with van der Waals surface area (Å²) in [6.07, 6.45) is 0. The van der Waals surface area contributed by atoms with Crippen molar-refractivity contribution < 1.29 is 14.3 Å². The second-order valence-electron chi connectivity index (χ2n) is 10.6. The van der Waals surface area contributed by atoms with Crippen molar-refractivity contribution in [2.24, 2.45) is 0 Å². The van der Waals surface area contributed by atoms with E-state index >= 15 is 0 Å². The van der Waals surface area contributed by atoms with Gasteiger partial charge in [0.05, 0.1) is 11.1 Å². The molecule has 0 N–H and O–H groups in total. The Bertz CT molecular complexity index is 1560. The lowest BCUT2D eigenvalue weighted by Crippen LogP contribution is -2.24. The zero-order chi connectivity index (χ0) is 24.0. The summed E-state index contributed by atoms with van der Waals surface area (Å²) in [7, 11) is 0. The molecule has 0 aromatic heterocycles. The van der Waals surface area contributed by atoms with E-state index in [9.17, 15) is 9.59 Å². The first-order valence-corrected chi connectivity index (χ1v) is 11.7. The molecule has 176 valence electrons. The molecule has 0 radical (unpaired) electrons. The lowest BCUT2D eigenvalue weighted by molar-refractivity contribution is 0.0443. The number of hydrogen-bond acceptors (Lipinski definition) is 3. The van der Waals surface area contributed by atoms with Crippen LogP contribution >= 0.6 is 0 Å². The SMILES string of the molecule is C.Cc1cc2c(c3ccccc13)-c1c(cc(C(C)(C)c3ccccc3)c3c1C(=O)OC3=O)C2(C)C. The van der Waals surface area contributed by atoms with E-state index in [0.717, 1.165) is 38.6 Å². The van der Waals surface area contributed by atoms with Gasteiger partial charge in [0.15, 0.2) is 0 Å². The monoisotopic (exact) mass is 462 g/mol. The summed E-state index contributed by atoms with van der Waals surface area (Å²) in [4.78, 5) is 26.4. The average Bonchev–Trinajstić information content (AvgIpc) is 3.24. The summed E-state index contributed by atoms with van der Waals surface area (Å²) in [6, 6.07) is 22.8. The first kappa shape index (κ1) is 23.0. The first-order valence-electron chi connectivity index (χ1n) is 11.7. The molecule has 0 spiro atoms. The van der Waals surface area contributed by atoms with E-state index in [-0.39, 0.29) is 12.8 Å². The molecule has 0 saturated carbocycles. The number of carbonyl (C=O) groups is 2. The van der Waals surface area contributed by atoms with Crippen molar-refractivity contribution in [1.82, 2.24) is 0 Å². The zero-order valence-corrected chi connectivity index (χ0v) is 20.1. The Morgan fingerprint density at radius 1 is 0.714 bits per heavy atom. The lowest BCUT2D eigenvalue weighted by Gasteiger charge is -2.30. The van der Waals surface area contributed by atoms with Gasteiger partial charge in [0, 0.05) is 16.4 Å². The summed E-state index contributed by atoms with van der Waals surface area (Å²) in [5, 5.41) is 2.26. The molecule has 1 heterocycles. The fourth-order valence-electron chi connectivity index (χ4n) is 6.01. The van der Waals surface area contributed by atoms with Crippen LogP contribution in [-0.2, 0) is 15.6 Å². The number of fused-ring (bicyclic) bond motifs is 7. The Morgan fingerprint density at radius 3 is 1.97 bits per heavy atom. The molecule has 0 unspecified atom stereocenters. The Balaban J connectivity index is 0.00000253. The van der Waals surface area contributed by atoms with Crippen LogP contribution in [0, 0.1) is 6.92 Å². The van der Waals surface area contributed by atoms with Gasteiger partial charge in [-0.3, -0.25) is 0 Å². The summed E-state index contributed by atoms with van der Waals surface area (Å²) in [6.45, 7) is 10.8. The van der Waals surface area contributed by atoms with E-state index in [1.807, 2.05) is 30.3 Å². The maximum absolute atomic E-state index is 13.2. The highest BCUT2D eigenvalue weighted by molar-refractivity contribution is 6.21. The van der Waals surface area contributed by atoms with E-state index in [4.69, 9.17) is 4.74 Å². The minimum Gasteiger partial charge on any atom is -0.386 e. The van der Waals surface area contributed by atoms with E-state index < -0.39 is 17.4 Å².